The second-order valence-electron chi connectivity index (χ2n) is 7.61. The molecule has 0 aliphatic carbocycles. The molecule has 1 amide bonds. The first kappa shape index (κ1) is 23.6. The molecule has 0 atom stereocenters. The zero-order valence-electron chi connectivity index (χ0n) is 18.7. The van der Waals surface area contributed by atoms with Crippen LogP contribution in [0, 0.1) is 11.6 Å². The van der Waals surface area contributed by atoms with E-state index in [2.05, 4.69) is 15.2 Å². The van der Waals surface area contributed by atoms with E-state index < -0.39 is 11.9 Å². The number of carbonyl (C=O) groups excluding carboxylic acids is 2. The molecule has 0 aliphatic rings. The third-order valence-electron chi connectivity index (χ3n) is 5.08. The van der Waals surface area contributed by atoms with E-state index in [4.69, 9.17) is 4.74 Å². The predicted octanol–water partition coefficient (Wildman–Crippen LogP) is 4.83. The minimum Gasteiger partial charge on any atom is -0.471 e. The first-order valence-corrected chi connectivity index (χ1v) is 10.6. The summed E-state index contributed by atoms with van der Waals surface area (Å²) in [4.78, 5) is 24.7. The number of esters is 1. The zero-order valence-corrected chi connectivity index (χ0v) is 18.7. The molecule has 0 spiro atoms. The van der Waals surface area contributed by atoms with Gasteiger partial charge >= 0.3 is 5.97 Å². The number of aromatic nitrogens is 2. The number of nitrogens with one attached hydrogen (secondary N) is 1. The van der Waals surface area contributed by atoms with Gasteiger partial charge < -0.3 is 14.8 Å². The quantitative estimate of drug-likeness (QED) is 0.368. The van der Waals surface area contributed by atoms with Crippen LogP contribution >= 0.6 is 0 Å². The zero-order chi connectivity index (χ0) is 24.8. The lowest BCUT2D eigenvalue weighted by Gasteiger charge is -2.07. The minimum atomic E-state index is -0.485. The monoisotopic (exact) mass is 477 g/mol. The van der Waals surface area contributed by atoms with Crippen molar-refractivity contribution in [1.29, 1.82) is 0 Å². The minimum absolute atomic E-state index is 0.0714. The molecule has 178 valence electrons. The number of anilines is 1. The van der Waals surface area contributed by atoms with Crippen molar-refractivity contribution in [2.75, 3.05) is 12.4 Å². The van der Waals surface area contributed by atoms with Gasteiger partial charge in [-0.15, -0.1) is 5.10 Å². The molecule has 35 heavy (non-hydrogen) atoms. The van der Waals surface area contributed by atoms with Crippen LogP contribution in [0.5, 0.6) is 5.88 Å². The van der Waals surface area contributed by atoms with Crippen molar-refractivity contribution >= 4 is 17.6 Å². The van der Waals surface area contributed by atoms with Crippen molar-refractivity contribution in [3.63, 3.8) is 0 Å². The lowest BCUT2D eigenvalue weighted by molar-refractivity contribution is 0.0600. The lowest BCUT2D eigenvalue weighted by atomic mass is 10.2. The number of ether oxygens (including phenoxy) is 2. The number of hydrogen-bond acceptors (Lipinski definition) is 5. The van der Waals surface area contributed by atoms with Gasteiger partial charge in [0.05, 0.1) is 19.2 Å². The van der Waals surface area contributed by atoms with Gasteiger partial charge in [0.1, 0.15) is 23.8 Å². The van der Waals surface area contributed by atoms with Crippen LogP contribution in [-0.4, -0.2) is 28.8 Å². The number of methoxy groups -OCH3 is 1. The van der Waals surface area contributed by atoms with Gasteiger partial charge in [-0.2, -0.15) is 0 Å². The summed E-state index contributed by atoms with van der Waals surface area (Å²) in [6.45, 7) is 0.357. The van der Waals surface area contributed by atoms with Crippen LogP contribution in [0.3, 0.4) is 0 Å². The Morgan fingerprint density at radius 3 is 2.09 bits per heavy atom. The summed E-state index contributed by atoms with van der Waals surface area (Å²) in [5, 5.41) is 7.13. The molecule has 0 bridgehead atoms. The van der Waals surface area contributed by atoms with Crippen molar-refractivity contribution in [2.45, 2.75) is 13.2 Å². The van der Waals surface area contributed by atoms with Gasteiger partial charge in [-0.25, -0.2) is 13.6 Å². The van der Waals surface area contributed by atoms with E-state index >= 15 is 0 Å². The van der Waals surface area contributed by atoms with Crippen molar-refractivity contribution in [3.05, 3.63) is 113 Å². The number of carbonyl (C=O) groups is 2. The van der Waals surface area contributed by atoms with Crippen LogP contribution < -0.4 is 10.1 Å². The fourth-order valence-corrected chi connectivity index (χ4v) is 3.26. The number of halogens is 2. The standard InChI is InChI=1S/C26H21F2N3O4/c1-34-26(33)19-6-12-22(13-7-19)29-24(32)23-15-31(14-17-2-8-20(27)9-3-17)30-25(23)35-16-18-4-10-21(28)11-5-18/h2-13,15H,14,16H2,1H3,(H,29,32). The largest absolute Gasteiger partial charge is 0.471 e. The maximum atomic E-state index is 13.2. The second kappa shape index (κ2) is 10.6. The SMILES string of the molecule is COC(=O)c1ccc(NC(=O)c2cn(Cc3ccc(F)cc3)nc2OCc2ccc(F)cc2)cc1. The second-order valence-corrected chi connectivity index (χ2v) is 7.61. The molecule has 3 aromatic carbocycles. The van der Waals surface area contributed by atoms with Gasteiger partial charge in [0.25, 0.3) is 5.91 Å². The van der Waals surface area contributed by atoms with Gasteiger partial charge in [0.15, 0.2) is 0 Å². The molecular formula is C26H21F2N3O4. The predicted molar refractivity (Wildman–Crippen MR) is 124 cm³/mol. The van der Waals surface area contributed by atoms with Crippen LogP contribution in [0.2, 0.25) is 0 Å². The fourth-order valence-electron chi connectivity index (χ4n) is 3.26. The average Bonchev–Trinajstić information content (AvgIpc) is 3.28. The van der Waals surface area contributed by atoms with E-state index in [1.807, 2.05) is 0 Å². The Balaban J connectivity index is 1.55. The van der Waals surface area contributed by atoms with E-state index in [0.29, 0.717) is 16.8 Å². The summed E-state index contributed by atoms with van der Waals surface area (Å²) < 4.78 is 38.4. The van der Waals surface area contributed by atoms with Crippen molar-refractivity contribution < 1.29 is 27.8 Å². The third-order valence-corrected chi connectivity index (χ3v) is 5.08. The Morgan fingerprint density at radius 2 is 1.49 bits per heavy atom. The number of nitrogens with zero attached hydrogens (tertiary/aromatic N) is 2. The average molecular weight is 477 g/mol. The molecule has 7 nitrogen and oxygen atoms in total. The Kier molecular flexibility index (Phi) is 7.15. The number of hydrogen-bond donors (Lipinski definition) is 1. The Bertz CT molecular complexity index is 1320. The van der Waals surface area contributed by atoms with Crippen molar-refractivity contribution in [3.8, 4) is 5.88 Å². The van der Waals surface area contributed by atoms with E-state index in [9.17, 15) is 18.4 Å². The summed E-state index contributed by atoms with van der Waals surface area (Å²) in [5.41, 5.74) is 2.46. The van der Waals surface area contributed by atoms with Gasteiger partial charge in [-0.1, -0.05) is 24.3 Å². The molecule has 9 heteroatoms. The fraction of sp³-hybridized carbons (Fsp3) is 0.115. The van der Waals surface area contributed by atoms with Crippen molar-refractivity contribution in [1.82, 2.24) is 9.78 Å². The number of amides is 1. The van der Waals surface area contributed by atoms with Crippen LogP contribution in [0.15, 0.2) is 79.0 Å². The molecule has 4 aromatic rings. The highest BCUT2D eigenvalue weighted by atomic mass is 19.1. The highest BCUT2D eigenvalue weighted by Crippen LogP contribution is 2.21. The Labute approximate surface area is 199 Å². The van der Waals surface area contributed by atoms with E-state index in [1.54, 1.807) is 36.4 Å². The first-order chi connectivity index (χ1) is 16.9. The molecule has 4 rings (SSSR count). The molecule has 1 N–H and O–H groups in total. The summed E-state index contributed by atoms with van der Waals surface area (Å²) in [7, 11) is 1.29. The molecule has 0 radical (unpaired) electrons. The summed E-state index contributed by atoms with van der Waals surface area (Å²) in [6, 6.07) is 17.9. The number of rotatable bonds is 8. The van der Waals surface area contributed by atoms with E-state index in [1.165, 1.54) is 54.4 Å². The summed E-state index contributed by atoms with van der Waals surface area (Å²) in [5.74, 6) is -1.59. The Morgan fingerprint density at radius 1 is 0.886 bits per heavy atom. The first-order valence-electron chi connectivity index (χ1n) is 10.6. The van der Waals surface area contributed by atoms with Crippen LogP contribution in [0.4, 0.5) is 14.5 Å². The van der Waals surface area contributed by atoms with Gasteiger partial charge in [0, 0.05) is 11.9 Å². The normalized spacial score (nSPS) is 10.6. The smallest absolute Gasteiger partial charge is 0.337 e. The van der Waals surface area contributed by atoms with Gasteiger partial charge in [0.2, 0.25) is 5.88 Å². The van der Waals surface area contributed by atoms with E-state index in [0.717, 1.165) is 5.56 Å². The summed E-state index contributed by atoms with van der Waals surface area (Å²) >= 11 is 0. The van der Waals surface area contributed by atoms with Crippen LogP contribution in [0.25, 0.3) is 0 Å². The summed E-state index contributed by atoms with van der Waals surface area (Å²) in [6.07, 6.45) is 1.53. The highest BCUT2D eigenvalue weighted by Gasteiger charge is 2.19. The van der Waals surface area contributed by atoms with Crippen LogP contribution in [-0.2, 0) is 17.9 Å². The van der Waals surface area contributed by atoms with Crippen molar-refractivity contribution in [2.24, 2.45) is 0 Å². The maximum Gasteiger partial charge on any atom is 0.337 e. The number of benzene rings is 3. The molecule has 0 saturated carbocycles. The Hall–Kier alpha value is -4.53. The maximum absolute atomic E-state index is 13.2. The highest BCUT2D eigenvalue weighted by molar-refractivity contribution is 6.06. The molecule has 0 saturated heterocycles. The molecule has 0 fully saturated rings. The third kappa shape index (κ3) is 6.08. The topological polar surface area (TPSA) is 82.5 Å². The molecule has 0 aliphatic heterocycles. The lowest BCUT2D eigenvalue weighted by Crippen LogP contribution is -2.13. The van der Waals surface area contributed by atoms with Gasteiger partial charge in [-0.3, -0.25) is 9.48 Å². The van der Waals surface area contributed by atoms with Crippen LogP contribution in [0.1, 0.15) is 31.8 Å². The molecule has 1 heterocycles. The molecular weight excluding hydrogens is 456 g/mol. The van der Waals surface area contributed by atoms with E-state index in [-0.39, 0.29) is 36.2 Å². The molecule has 0 unspecified atom stereocenters. The van der Waals surface area contributed by atoms with Gasteiger partial charge in [-0.05, 0) is 59.7 Å². The molecule has 1 aromatic heterocycles.